The van der Waals surface area contributed by atoms with E-state index in [0.717, 1.165) is 68.6 Å². The lowest BCUT2D eigenvalue weighted by Crippen LogP contribution is -2.38. The van der Waals surface area contributed by atoms with Gasteiger partial charge in [0.05, 0.1) is 16.8 Å². The number of ether oxygens (including phenoxy) is 1. The van der Waals surface area contributed by atoms with Gasteiger partial charge in [-0.05, 0) is 56.0 Å². The van der Waals surface area contributed by atoms with Crippen molar-refractivity contribution in [1.82, 2.24) is 9.80 Å². The highest BCUT2D eigenvalue weighted by atomic mass is 16.6. The number of nitrogens with one attached hydrogen (secondary N) is 1. The molecule has 44 heavy (non-hydrogen) atoms. The third kappa shape index (κ3) is 8.56. The summed E-state index contributed by atoms with van der Waals surface area (Å²) in [6.45, 7) is 3.58. The number of piperidine rings is 1. The molecule has 0 aromatic heterocycles. The van der Waals surface area contributed by atoms with Gasteiger partial charge >= 0.3 is 6.09 Å². The van der Waals surface area contributed by atoms with Gasteiger partial charge in [-0.3, -0.25) is 19.8 Å². The van der Waals surface area contributed by atoms with Crippen LogP contribution in [0.5, 0.6) is 0 Å². The lowest BCUT2D eigenvalue weighted by molar-refractivity contribution is 0.0583. The largest absolute Gasteiger partial charge is 0.446 e. The van der Waals surface area contributed by atoms with E-state index in [4.69, 9.17) is 4.74 Å². The quantitative estimate of drug-likeness (QED) is 0.142. The molecule has 3 aromatic carbocycles. The Balaban J connectivity index is 0.864. The molecule has 0 radical (unpaired) electrons. The molecule has 232 valence electrons. The number of imide groups is 1. The van der Waals surface area contributed by atoms with Crippen LogP contribution in [0.4, 0.5) is 10.5 Å². The van der Waals surface area contributed by atoms with Crippen LogP contribution in [0, 0.1) is 0 Å². The van der Waals surface area contributed by atoms with Crippen LogP contribution in [0.15, 0.2) is 78.9 Å². The van der Waals surface area contributed by atoms with E-state index in [-0.39, 0.29) is 24.0 Å². The summed E-state index contributed by atoms with van der Waals surface area (Å²) in [5.74, 6) is -0.292. The molecule has 1 fully saturated rings. The van der Waals surface area contributed by atoms with Gasteiger partial charge in [0, 0.05) is 25.2 Å². The van der Waals surface area contributed by atoms with Gasteiger partial charge in [0.15, 0.2) is 0 Å². The molecule has 1 saturated heterocycles. The number of amides is 3. The standard InChI is InChI=1S/C37H45N3O4/c41-35-32-20-11-12-21-33(32)36(42)40(35)26-16-7-5-3-1-2-4-6-15-25-39-27-23-30(24-28-39)44-37(43)38-34-22-14-13-19-31(34)29-17-9-8-10-18-29/h8-14,17-22,30H,1-7,15-16,23-28H2,(H,38,43). The summed E-state index contributed by atoms with van der Waals surface area (Å²) < 4.78 is 5.78. The van der Waals surface area contributed by atoms with Crippen molar-refractivity contribution in [3.05, 3.63) is 90.0 Å². The van der Waals surface area contributed by atoms with Crippen LogP contribution in [0.25, 0.3) is 11.1 Å². The molecule has 0 bridgehead atoms. The summed E-state index contributed by atoms with van der Waals surface area (Å²) in [6, 6.07) is 25.0. The number of fused-ring (bicyclic) bond motifs is 1. The number of hydrogen-bond acceptors (Lipinski definition) is 5. The fourth-order valence-electron chi connectivity index (χ4n) is 6.29. The highest BCUT2D eigenvalue weighted by Crippen LogP contribution is 2.28. The van der Waals surface area contributed by atoms with E-state index in [9.17, 15) is 14.4 Å². The number of rotatable bonds is 15. The number of anilines is 1. The molecule has 1 N–H and O–H groups in total. The molecule has 2 aliphatic rings. The predicted octanol–water partition coefficient (Wildman–Crippen LogP) is 8.17. The minimum Gasteiger partial charge on any atom is -0.446 e. The molecular formula is C37H45N3O4. The highest BCUT2D eigenvalue weighted by molar-refractivity contribution is 6.21. The van der Waals surface area contributed by atoms with Crippen LogP contribution in [-0.4, -0.2) is 60.0 Å². The Bertz CT molecular complexity index is 1350. The molecular weight excluding hydrogens is 550 g/mol. The molecule has 0 spiro atoms. The van der Waals surface area contributed by atoms with Crippen LogP contribution >= 0.6 is 0 Å². The first-order valence-electron chi connectivity index (χ1n) is 16.4. The number of hydrogen-bond donors (Lipinski definition) is 1. The van der Waals surface area contributed by atoms with E-state index >= 15 is 0 Å². The van der Waals surface area contributed by atoms with Gasteiger partial charge in [0.25, 0.3) is 11.8 Å². The lowest BCUT2D eigenvalue weighted by Gasteiger charge is -2.31. The zero-order valence-electron chi connectivity index (χ0n) is 25.7. The van der Waals surface area contributed by atoms with E-state index in [1.54, 1.807) is 12.1 Å². The Kier molecular flexibility index (Phi) is 11.6. The topological polar surface area (TPSA) is 79.0 Å². The smallest absolute Gasteiger partial charge is 0.411 e. The minimum atomic E-state index is -0.380. The van der Waals surface area contributed by atoms with Gasteiger partial charge in [-0.2, -0.15) is 0 Å². The van der Waals surface area contributed by atoms with Crippen molar-refractivity contribution in [2.75, 3.05) is 31.5 Å². The first-order chi connectivity index (χ1) is 21.6. The second kappa shape index (κ2) is 16.2. The third-order valence-electron chi connectivity index (χ3n) is 8.79. The number of carbonyl (C=O) groups is 3. The molecule has 3 amide bonds. The summed E-state index contributed by atoms with van der Waals surface area (Å²) in [5, 5.41) is 2.96. The van der Waals surface area contributed by atoms with Crippen LogP contribution in [0.1, 0.15) is 91.3 Å². The molecule has 0 unspecified atom stereocenters. The van der Waals surface area contributed by atoms with E-state index in [2.05, 4.69) is 10.2 Å². The van der Waals surface area contributed by atoms with Gasteiger partial charge in [0.2, 0.25) is 0 Å². The normalized spacial score (nSPS) is 15.4. The predicted molar refractivity (Wildman–Crippen MR) is 175 cm³/mol. The Morgan fingerprint density at radius 1 is 0.636 bits per heavy atom. The van der Waals surface area contributed by atoms with E-state index in [0.29, 0.717) is 17.7 Å². The van der Waals surface area contributed by atoms with Crippen LogP contribution in [-0.2, 0) is 4.74 Å². The van der Waals surface area contributed by atoms with Crippen molar-refractivity contribution in [1.29, 1.82) is 0 Å². The second-order valence-corrected chi connectivity index (χ2v) is 12.0. The Hall–Kier alpha value is -3.97. The molecule has 0 aliphatic carbocycles. The van der Waals surface area contributed by atoms with Crippen molar-refractivity contribution < 1.29 is 19.1 Å². The van der Waals surface area contributed by atoms with Gasteiger partial charge in [-0.25, -0.2) is 4.79 Å². The maximum absolute atomic E-state index is 12.7. The molecule has 5 rings (SSSR count). The van der Waals surface area contributed by atoms with Crippen LogP contribution < -0.4 is 5.32 Å². The Morgan fingerprint density at radius 2 is 1.14 bits per heavy atom. The summed E-state index contributed by atoms with van der Waals surface area (Å²) in [6.07, 6.45) is 11.8. The van der Waals surface area contributed by atoms with Crippen molar-refractivity contribution in [3.63, 3.8) is 0 Å². The van der Waals surface area contributed by atoms with E-state index in [1.165, 1.54) is 43.4 Å². The van der Waals surface area contributed by atoms with E-state index < -0.39 is 0 Å². The number of carbonyl (C=O) groups excluding carboxylic acids is 3. The molecule has 2 heterocycles. The van der Waals surface area contributed by atoms with Gasteiger partial charge < -0.3 is 9.64 Å². The van der Waals surface area contributed by atoms with Crippen LogP contribution in [0.3, 0.4) is 0 Å². The van der Waals surface area contributed by atoms with Crippen molar-refractivity contribution in [3.8, 4) is 11.1 Å². The first-order valence-corrected chi connectivity index (χ1v) is 16.4. The van der Waals surface area contributed by atoms with Gasteiger partial charge in [0.1, 0.15) is 6.10 Å². The molecule has 7 nitrogen and oxygen atoms in total. The number of unbranched alkanes of at least 4 members (excludes halogenated alkanes) is 8. The molecule has 2 aliphatic heterocycles. The maximum atomic E-state index is 12.7. The summed E-state index contributed by atoms with van der Waals surface area (Å²) in [7, 11) is 0. The van der Waals surface area contributed by atoms with Gasteiger partial charge in [-0.15, -0.1) is 0 Å². The average Bonchev–Trinajstić information content (AvgIpc) is 3.30. The number of nitrogens with zero attached hydrogens (tertiary/aromatic N) is 2. The highest BCUT2D eigenvalue weighted by Gasteiger charge is 2.34. The Labute approximate surface area is 261 Å². The Morgan fingerprint density at radius 3 is 1.75 bits per heavy atom. The number of para-hydroxylation sites is 1. The fourth-order valence-corrected chi connectivity index (χ4v) is 6.29. The third-order valence-corrected chi connectivity index (χ3v) is 8.79. The van der Waals surface area contributed by atoms with Crippen molar-refractivity contribution in [2.24, 2.45) is 0 Å². The SMILES string of the molecule is O=C(Nc1ccccc1-c1ccccc1)OC1CCN(CCCCCCCCCCCN2C(=O)c3ccccc3C2=O)CC1. The zero-order valence-corrected chi connectivity index (χ0v) is 25.7. The zero-order chi connectivity index (χ0) is 30.6. The monoisotopic (exact) mass is 595 g/mol. The molecule has 0 atom stereocenters. The van der Waals surface area contributed by atoms with Crippen molar-refractivity contribution in [2.45, 2.75) is 76.7 Å². The fraction of sp³-hybridized carbons (Fsp3) is 0.432. The molecule has 7 heteroatoms. The first kappa shape index (κ1) is 31.5. The summed E-state index contributed by atoms with van der Waals surface area (Å²) in [5.41, 5.74) is 3.89. The summed E-state index contributed by atoms with van der Waals surface area (Å²) >= 11 is 0. The second-order valence-electron chi connectivity index (χ2n) is 12.0. The number of likely N-dealkylation sites (tertiary alicyclic amines) is 1. The minimum absolute atomic E-state index is 0.0391. The number of benzene rings is 3. The molecule has 0 saturated carbocycles. The maximum Gasteiger partial charge on any atom is 0.411 e. The lowest BCUT2D eigenvalue weighted by atomic mass is 10.0. The van der Waals surface area contributed by atoms with Crippen LogP contribution in [0.2, 0.25) is 0 Å². The average molecular weight is 596 g/mol. The summed E-state index contributed by atoms with van der Waals surface area (Å²) in [4.78, 5) is 41.4. The van der Waals surface area contributed by atoms with Crippen molar-refractivity contribution >= 4 is 23.6 Å². The molecule has 3 aromatic rings. The van der Waals surface area contributed by atoms with Gasteiger partial charge in [-0.1, -0.05) is 106 Å². The van der Waals surface area contributed by atoms with E-state index in [1.807, 2.05) is 66.7 Å².